The number of hydrogen-bond acceptors (Lipinski definition) is 3. The minimum absolute atomic E-state index is 0.0715. The number of benzene rings is 3. The minimum atomic E-state index is -0.460. The van der Waals surface area contributed by atoms with Gasteiger partial charge in [-0.3, -0.25) is 9.59 Å². The molecule has 0 saturated heterocycles. The van der Waals surface area contributed by atoms with Crippen LogP contribution < -0.4 is 10.1 Å². The molecule has 1 N–H and O–H groups in total. The fraction of sp³-hybridized carbons (Fsp3) is 0.167. The summed E-state index contributed by atoms with van der Waals surface area (Å²) in [5.74, 6) is 0.200. The van der Waals surface area contributed by atoms with Crippen molar-refractivity contribution in [1.29, 1.82) is 0 Å². The lowest BCUT2D eigenvalue weighted by atomic mass is 9.95. The molecule has 5 nitrogen and oxygen atoms in total. The zero-order valence-corrected chi connectivity index (χ0v) is 17.2. The molecule has 0 unspecified atom stereocenters. The second kappa shape index (κ2) is 8.59. The highest BCUT2D eigenvalue weighted by molar-refractivity contribution is 6.30. The molecule has 0 aromatic heterocycles. The number of nitrogens with zero attached hydrogens (tertiary/aromatic N) is 1. The van der Waals surface area contributed by atoms with Crippen molar-refractivity contribution in [1.82, 2.24) is 4.90 Å². The Morgan fingerprint density at radius 1 is 1.10 bits per heavy atom. The molecule has 1 atom stereocenters. The van der Waals surface area contributed by atoms with E-state index in [9.17, 15) is 9.59 Å². The van der Waals surface area contributed by atoms with Gasteiger partial charge in [0.05, 0.1) is 12.6 Å². The van der Waals surface area contributed by atoms with Gasteiger partial charge in [-0.2, -0.15) is 0 Å². The van der Waals surface area contributed by atoms with Crippen LogP contribution in [-0.2, 0) is 4.79 Å². The highest BCUT2D eigenvalue weighted by Gasteiger charge is 2.34. The first-order valence-corrected chi connectivity index (χ1v) is 10.1. The molecular weight excluding hydrogens is 400 g/mol. The van der Waals surface area contributed by atoms with Crippen molar-refractivity contribution < 1.29 is 14.3 Å². The van der Waals surface area contributed by atoms with Gasteiger partial charge < -0.3 is 15.0 Å². The van der Waals surface area contributed by atoms with Crippen LogP contribution in [-0.4, -0.2) is 29.9 Å². The molecular formula is C24H21ClN2O3. The molecule has 4 rings (SSSR count). The summed E-state index contributed by atoms with van der Waals surface area (Å²) in [4.78, 5) is 27.7. The van der Waals surface area contributed by atoms with Crippen LogP contribution >= 0.6 is 11.6 Å². The molecule has 1 aliphatic heterocycles. The van der Waals surface area contributed by atoms with Gasteiger partial charge in [-0.15, -0.1) is 0 Å². The molecule has 3 aromatic rings. The van der Waals surface area contributed by atoms with Crippen LogP contribution in [0.1, 0.15) is 34.5 Å². The Bertz CT molecular complexity index is 1070. The van der Waals surface area contributed by atoms with Crippen LogP contribution in [0.2, 0.25) is 5.02 Å². The maximum atomic E-state index is 13.5. The average molecular weight is 421 g/mol. The lowest BCUT2D eigenvalue weighted by Crippen LogP contribution is -2.39. The summed E-state index contributed by atoms with van der Waals surface area (Å²) in [6.45, 7) is 2.38. The maximum absolute atomic E-state index is 13.5. The molecule has 1 aliphatic rings. The number of anilines is 1. The van der Waals surface area contributed by atoms with Gasteiger partial charge in [-0.1, -0.05) is 41.9 Å². The van der Waals surface area contributed by atoms with Gasteiger partial charge in [0, 0.05) is 21.8 Å². The van der Waals surface area contributed by atoms with Gasteiger partial charge in [0.25, 0.3) is 5.91 Å². The lowest BCUT2D eigenvalue weighted by molar-refractivity contribution is -0.117. The first-order chi connectivity index (χ1) is 14.6. The minimum Gasteiger partial charge on any atom is -0.494 e. The molecule has 1 heterocycles. The number of hydrogen-bond donors (Lipinski definition) is 1. The van der Waals surface area contributed by atoms with Crippen LogP contribution in [0.3, 0.4) is 0 Å². The SMILES string of the molecule is CCOc1ccc(C(=O)N2CC(=O)Nc3ccc(Cl)cc3[C@H]2c2ccccc2)cc1. The summed E-state index contributed by atoms with van der Waals surface area (Å²) in [5.41, 5.74) is 2.81. The molecule has 2 amide bonds. The Labute approximate surface area is 180 Å². The maximum Gasteiger partial charge on any atom is 0.255 e. The van der Waals surface area contributed by atoms with Crippen LogP contribution in [0.5, 0.6) is 5.75 Å². The van der Waals surface area contributed by atoms with Gasteiger partial charge >= 0.3 is 0 Å². The Kier molecular flexibility index (Phi) is 5.72. The number of halogens is 1. The van der Waals surface area contributed by atoms with E-state index in [2.05, 4.69) is 5.32 Å². The highest BCUT2D eigenvalue weighted by Crippen LogP contribution is 2.38. The van der Waals surface area contributed by atoms with Gasteiger partial charge in [0.15, 0.2) is 0 Å². The molecule has 0 spiro atoms. The fourth-order valence-electron chi connectivity index (χ4n) is 3.69. The zero-order valence-electron chi connectivity index (χ0n) is 16.5. The van der Waals surface area contributed by atoms with E-state index in [1.54, 1.807) is 47.4 Å². The van der Waals surface area contributed by atoms with Crippen molar-refractivity contribution in [3.05, 3.63) is 94.5 Å². The van der Waals surface area contributed by atoms with E-state index in [1.165, 1.54) is 0 Å². The normalized spacial score (nSPS) is 15.7. The number of amides is 2. The van der Waals surface area contributed by atoms with Gasteiger partial charge in [-0.05, 0) is 55.0 Å². The number of nitrogens with one attached hydrogen (secondary N) is 1. The number of fused-ring (bicyclic) bond motifs is 1. The average Bonchev–Trinajstić information content (AvgIpc) is 2.90. The Balaban J connectivity index is 1.81. The van der Waals surface area contributed by atoms with Crippen molar-refractivity contribution in [2.45, 2.75) is 13.0 Å². The molecule has 0 radical (unpaired) electrons. The Morgan fingerprint density at radius 3 is 2.53 bits per heavy atom. The van der Waals surface area contributed by atoms with Crippen molar-refractivity contribution in [3.63, 3.8) is 0 Å². The van der Waals surface area contributed by atoms with E-state index in [0.717, 1.165) is 11.1 Å². The number of carbonyl (C=O) groups excluding carboxylic acids is 2. The number of ether oxygens (including phenoxy) is 1. The molecule has 0 fully saturated rings. The quantitative estimate of drug-likeness (QED) is 0.651. The van der Waals surface area contributed by atoms with E-state index in [0.29, 0.717) is 28.6 Å². The van der Waals surface area contributed by atoms with Gasteiger partial charge in [0.1, 0.15) is 12.3 Å². The summed E-state index contributed by atoms with van der Waals surface area (Å²) in [6, 6.07) is 21.5. The molecule has 152 valence electrons. The topological polar surface area (TPSA) is 58.6 Å². The second-order valence-corrected chi connectivity index (χ2v) is 7.42. The molecule has 30 heavy (non-hydrogen) atoms. The van der Waals surface area contributed by atoms with Gasteiger partial charge in [-0.25, -0.2) is 0 Å². The Hall–Kier alpha value is -3.31. The first kappa shape index (κ1) is 20.0. The largest absolute Gasteiger partial charge is 0.494 e. The number of rotatable bonds is 4. The zero-order chi connectivity index (χ0) is 21.1. The first-order valence-electron chi connectivity index (χ1n) is 9.75. The molecule has 3 aromatic carbocycles. The van der Waals surface area contributed by atoms with Crippen molar-refractivity contribution in [3.8, 4) is 5.75 Å². The van der Waals surface area contributed by atoms with E-state index in [1.807, 2.05) is 37.3 Å². The third kappa shape index (κ3) is 4.02. The van der Waals surface area contributed by atoms with Crippen LogP contribution in [0.25, 0.3) is 0 Å². The summed E-state index contributed by atoms with van der Waals surface area (Å²) < 4.78 is 5.47. The van der Waals surface area contributed by atoms with Crippen LogP contribution in [0, 0.1) is 0 Å². The third-order valence-corrected chi connectivity index (χ3v) is 5.23. The molecule has 6 heteroatoms. The summed E-state index contributed by atoms with van der Waals surface area (Å²) in [7, 11) is 0. The summed E-state index contributed by atoms with van der Waals surface area (Å²) >= 11 is 6.28. The van der Waals surface area contributed by atoms with E-state index >= 15 is 0 Å². The lowest BCUT2D eigenvalue weighted by Gasteiger charge is -2.30. The summed E-state index contributed by atoms with van der Waals surface area (Å²) in [5, 5.41) is 3.44. The second-order valence-electron chi connectivity index (χ2n) is 6.98. The highest BCUT2D eigenvalue weighted by atomic mass is 35.5. The van der Waals surface area contributed by atoms with E-state index in [4.69, 9.17) is 16.3 Å². The molecule has 0 bridgehead atoms. The number of carbonyl (C=O) groups is 2. The van der Waals surface area contributed by atoms with Gasteiger partial charge in [0.2, 0.25) is 5.91 Å². The molecule has 0 saturated carbocycles. The van der Waals surface area contributed by atoms with Crippen LogP contribution in [0.4, 0.5) is 5.69 Å². The molecule has 0 aliphatic carbocycles. The smallest absolute Gasteiger partial charge is 0.255 e. The van der Waals surface area contributed by atoms with Crippen LogP contribution in [0.15, 0.2) is 72.8 Å². The monoisotopic (exact) mass is 420 g/mol. The Morgan fingerprint density at radius 2 is 1.83 bits per heavy atom. The summed E-state index contributed by atoms with van der Waals surface area (Å²) in [6.07, 6.45) is 0. The van der Waals surface area contributed by atoms with E-state index in [-0.39, 0.29) is 18.4 Å². The third-order valence-electron chi connectivity index (χ3n) is 5.00. The predicted octanol–water partition coefficient (Wildman–Crippen LogP) is 4.92. The fourth-order valence-corrected chi connectivity index (χ4v) is 3.87. The van der Waals surface area contributed by atoms with Crippen molar-refractivity contribution in [2.24, 2.45) is 0 Å². The van der Waals surface area contributed by atoms with Crippen molar-refractivity contribution in [2.75, 3.05) is 18.5 Å². The standard InChI is InChI=1S/C24H21ClN2O3/c1-2-30-19-11-8-17(9-12-19)24(29)27-15-22(28)26-21-13-10-18(25)14-20(21)23(27)16-6-4-3-5-7-16/h3-14,23H,2,15H2,1H3,(H,26,28)/t23-/m1/s1. The van der Waals surface area contributed by atoms with E-state index < -0.39 is 6.04 Å². The van der Waals surface area contributed by atoms with Crippen molar-refractivity contribution >= 4 is 29.1 Å². The predicted molar refractivity (Wildman–Crippen MR) is 117 cm³/mol.